The average Bonchev–Trinajstić information content (AvgIpc) is 2.83. The van der Waals surface area contributed by atoms with Crippen molar-refractivity contribution >= 4 is 11.4 Å². The molecule has 0 aliphatic carbocycles. The molecule has 8 heteroatoms. The summed E-state index contributed by atoms with van der Waals surface area (Å²) >= 11 is 0. The maximum Gasteiger partial charge on any atom is 0.573 e. The van der Waals surface area contributed by atoms with Crippen LogP contribution < -0.4 is 15.0 Å². The predicted octanol–water partition coefficient (Wildman–Crippen LogP) is 5.25. The largest absolute Gasteiger partial charge is 0.573 e. The second-order valence-electron chi connectivity index (χ2n) is 8.28. The molecule has 0 aromatic heterocycles. The maximum atomic E-state index is 13.2. The summed E-state index contributed by atoms with van der Waals surface area (Å²) < 4.78 is 43.9. The SMILES string of the molecule is CC(O)N1CCN(c2ccc(OC(F)(F)F)c(NC(c3ccccc3)c3ccccc3)c2)CC1. The summed E-state index contributed by atoms with van der Waals surface area (Å²) in [7, 11) is 0. The second-order valence-corrected chi connectivity index (χ2v) is 8.28. The molecule has 1 aliphatic rings. The van der Waals surface area contributed by atoms with Crippen LogP contribution in [0.5, 0.6) is 5.75 Å². The van der Waals surface area contributed by atoms with Gasteiger partial charge in [0.1, 0.15) is 6.23 Å². The van der Waals surface area contributed by atoms with Crippen molar-refractivity contribution in [1.82, 2.24) is 4.90 Å². The molecule has 4 rings (SSSR count). The first-order valence-electron chi connectivity index (χ1n) is 11.2. The third-order valence-corrected chi connectivity index (χ3v) is 5.96. The second kappa shape index (κ2) is 10.4. The number of hydrogen-bond donors (Lipinski definition) is 2. The topological polar surface area (TPSA) is 48.0 Å². The Balaban J connectivity index is 1.68. The molecule has 3 aromatic carbocycles. The van der Waals surface area contributed by atoms with Gasteiger partial charge in [0, 0.05) is 31.9 Å². The molecule has 0 bridgehead atoms. The molecule has 1 fully saturated rings. The highest BCUT2D eigenvalue weighted by Crippen LogP contribution is 2.37. The van der Waals surface area contributed by atoms with Crippen LogP contribution in [0.4, 0.5) is 24.5 Å². The maximum absolute atomic E-state index is 13.2. The Kier molecular flexibility index (Phi) is 7.29. The lowest BCUT2D eigenvalue weighted by atomic mass is 9.98. The van der Waals surface area contributed by atoms with E-state index in [4.69, 9.17) is 0 Å². The van der Waals surface area contributed by atoms with Gasteiger partial charge in [-0.05, 0) is 36.2 Å². The molecule has 3 aromatic rings. The van der Waals surface area contributed by atoms with Crippen LogP contribution in [0.25, 0.3) is 0 Å². The van der Waals surface area contributed by atoms with Crippen LogP contribution in [0.2, 0.25) is 0 Å². The molecule has 0 saturated carbocycles. The van der Waals surface area contributed by atoms with Crippen molar-refractivity contribution in [1.29, 1.82) is 0 Å². The van der Waals surface area contributed by atoms with Crippen LogP contribution in [0.3, 0.4) is 0 Å². The fraction of sp³-hybridized carbons (Fsp3) is 0.308. The number of piperazine rings is 1. The Morgan fingerprint density at radius 1 is 0.853 bits per heavy atom. The summed E-state index contributed by atoms with van der Waals surface area (Å²) in [5.41, 5.74) is 2.89. The van der Waals surface area contributed by atoms with E-state index >= 15 is 0 Å². The van der Waals surface area contributed by atoms with E-state index in [2.05, 4.69) is 15.0 Å². The average molecular weight is 472 g/mol. The highest BCUT2D eigenvalue weighted by molar-refractivity contribution is 5.67. The van der Waals surface area contributed by atoms with E-state index in [1.54, 1.807) is 19.1 Å². The Bertz CT molecular complexity index is 1010. The minimum absolute atomic E-state index is 0.255. The van der Waals surface area contributed by atoms with Crippen molar-refractivity contribution in [2.45, 2.75) is 25.6 Å². The molecule has 1 unspecified atom stereocenters. The lowest BCUT2D eigenvalue weighted by Gasteiger charge is -2.37. The smallest absolute Gasteiger partial charge is 0.404 e. The molecule has 5 nitrogen and oxygen atoms in total. The number of alkyl halides is 3. The van der Waals surface area contributed by atoms with Crippen LogP contribution in [0, 0.1) is 0 Å². The van der Waals surface area contributed by atoms with Gasteiger partial charge in [0.15, 0.2) is 5.75 Å². The van der Waals surface area contributed by atoms with Crippen LogP contribution in [-0.4, -0.2) is 48.8 Å². The molecule has 1 atom stereocenters. The minimum atomic E-state index is -4.81. The number of benzene rings is 3. The monoisotopic (exact) mass is 471 g/mol. The van der Waals surface area contributed by atoms with Crippen molar-refractivity contribution in [3.05, 3.63) is 90.0 Å². The van der Waals surface area contributed by atoms with Gasteiger partial charge in [-0.3, -0.25) is 4.90 Å². The summed E-state index contributed by atoms with van der Waals surface area (Å²) in [4.78, 5) is 4.05. The zero-order chi connectivity index (χ0) is 24.1. The Hall–Kier alpha value is -3.23. The highest BCUT2D eigenvalue weighted by Gasteiger charge is 2.33. The molecule has 1 aliphatic heterocycles. The molecule has 2 N–H and O–H groups in total. The number of nitrogens with one attached hydrogen (secondary N) is 1. The number of aliphatic hydroxyl groups excluding tert-OH is 1. The van der Waals surface area contributed by atoms with Crippen molar-refractivity contribution in [2.24, 2.45) is 0 Å². The number of hydrogen-bond acceptors (Lipinski definition) is 5. The highest BCUT2D eigenvalue weighted by atomic mass is 19.4. The van der Waals surface area contributed by atoms with Crippen molar-refractivity contribution in [3.63, 3.8) is 0 Å². The molecule has 34 heavy (non-hydrogen) atoms. The summed E-state index contributed by atoms with van der Waals surface area (Å²) in [5, 5.41) is 13.1. The first kappa shape index (κ1) is 23.9. The van der Waals surface area contributed by atoms with Crippen molar-refractivity contribution < 1.29 is 23.0 Å². The summed E-state index contributed by atoms with van der Waals surface area (Å²) in [6, 6.07) is 23.5. The third kappa shape index (κ3) is 6.01. The third-order valence-electron chi connectivity index (χ3n) is 5.96. The van der Waals surface area contributed by atoms with Gasteiger partial charge in [-0.2, -0.15) is 0 Å². The zero-order valence-corrected chi connectivity index (χ0v) is 18.9. The lowest BCUT2D eigenvalue weighted by Crippen LogP contribution is -2.49. The number of halogens is 3. The quantitative estimate of drug-likeness (QED) is 0.493. The molecule has 0 spiro atoms. The van der Waals surface area contributed by atoms with E-state index in [9.17, 15) is 18.3 Å². The molecule has 1 heterocycles. The number of ether oxygens (including phenoxy) is 1. The standard InChI is InChI=1S/C26H28F3N3O2/c1-19(33)31-14-16-32(17-15-31)22-12-13-24(34-26(27,28)29)23(18-22)30-25(20-8-4-2-5-9-20)21-10-6-3-7-11-21/h2-13,18-19,25,30,33H,14-17H2,1H3. The number of nitrogens with zero attached hydrogens (tertiary/aromatic N) is 2. The van der Waals surface area contributed by atoms with E-state index in [-0.39, 0.29) is 17.5 Å². The Labute approximate surface area is 197 Å². The number of aliphatic hydroxyl groups is 1. The van der Waals surface area contributed by atoms with Gasteiger partial charge < -0.3 is 20.1 Å². The molecule has 180 valence electrons. The van der Waals surface area contributed by atoms with Gasteiger partial charge in [0.05, 0.1) is 11.7 Å². The van der Waals surface area contributed by atoms with Crippen LogP contribution >= 0.6 is 0 Å². The van der Waals surface area contributed by atoms with Crippen LogP contribution in [-0.2, 0) is 0 Å². The first-order chi connectivity index (χ1) is 16.3. The predicted molar refractivity (Wildman–Crippen MR) is 127 cm³/mol. The summed E-state index contributed by atoms with van der Waals surface area (Å²) in [5.74, 6) is -0.282. The van der Waals surface area contributed by atoms with Gasteiger partial charge >= 0.3 is 6.36 Å². The van der Waals surface area contributed by atoms with Gasteiger partial charge in [-0.15, -0.1) is 13.2 Å². The number of rotatable bonds is 7. The minimum Gasteiger partial charge on any atom is -0.404 e. The molecule has 1 saturated heterocycles. The van der Waals surface area contributed by atoms with E-state index in [0.717, 1.165) is 16.8 Å². The lowest BCUT2D eigenvalue weighted by molar-refractivity contribution is -0.274. The fourth-order valence-electron chi connectivity index (χ4n) is 4.20. The normalized spacial score (nSPS) is 15.9. The first-order valence-corrected chi connectivity index (χ1v) is 11.2. The molecular weight excluding hydrogens is 443 g/mol. The molecule has 0 amide bonds. The Morgan fingerprint density at radius 2 is 1.41 bits per heavy atom. The summed E-state index contributed by atoms with van der Waals surface area (Å²) in [6.07, 6.45) is -5.34. The van der Waals surface area contributed by atoms with Crippen molar-refractivity contribution in [2.75, 3.05) is 36.4 Å². The fourth-order valence-corrected chi connectivity index (χ4v) is 4.20. The zero-order valence-electron chi connectivity index (χ0n) is 18.9. The van der Waals surface area contributed by atoms with E-state index < -0.39 is 12.6 Å². The van der Waals surface area contributed by atoms with Gasteiger partial charge in [0.2, 0.25) is 0 Å². The van der Waals surface area contributed by atoms with Crippen LogP contribution in [0.15, 0.2) is 78.9 Å². The molecular formula is C26H28F3N3O2. The number of anilines is 2. The summed E-state index contributed by atoms with van der Waals surface area (Å²) in [6.45, 7) is 4.37. The van der Waals surface area contributed by atoms with Gasteiger partial charge in [0.25, 0.3) is 0 Å². The van der Waals surface area contributed by atoms with E-state index in [1.165, 1.54) is 6.07 Å². The Morgan fingerprint density at radius 3 is 1.91 bits per heavy atom. The van der Waals surface area contributed by atoms with Crippen LogP contribution in [0.1, 0.15) is 24.1 Å². The molecule has 0 radical (unpaired) electrons. The van der Waals surface area contributed by atoms with Gasteiger partial charge in [-0.25, -0.2) is 0 Å². The van der Waals surface area contributed by atoms with E-state index in [1.807, 2.05) is 65.6 Å². The van der Waals surface area contributed by atoms with E-state index in [0.29, 0.717) is 26.2 Å². The van der Waals surface area contributed by atoms with Gasteiger partial charge in [-0.1, -0.05) is 60.7 Å². The van der Waals surface area contributed by atoms with Crippen molar-refractivity contribution in [3.8, 4) is 5.75 Å².